The van der Waals surface area contributed by atoms with Crippen LogP contribution < -0.4 is 10.6 Å². The molecule has 1 aromatic rings. The summed E-state index contributed by atoms with van der Waals surface area (Å²) in [4.78, 5) is 0. The van der Waals surface area contributed by atoms with Crippen LogP contribution >= 0.6 is 0 Å². The lowest BCUT2D eigenvalue weighted by Gasteiger charge is -2.49. The minimum Gasteiger partial charge on any atom is -0.382 e. The van der Waals surface area contributed by atoms with E-state index in [1.54, 1.807) is 0 Å². The van der Waals surface area contributed by atoms with E-state index in [1.165, 1.54) is 31.4 Å². The summed E-state index contributed by atoms with van der Waals surface area (Å²) in [7, 11) is 0. The quantitative estimate of drug-likeness (QED) is 0.848. The molecule has 2 rings (SSSR count). The van der Waals surface area contributed by atoms with Crippen LogP contribution in [0.2, 0.25) is 0 Å². The summed E-state index contributed by atoms with van der Waals surface area (Å²) >= 11 is 0. The molecular weight excluding hydrogens is 232 g/mol. The molecule has 0 saturated carbocycles. The third-order valence-corrected chi connectivity index (χ3v) is 4.70. The lowest BCUT2D eigenvalue weighted by Crippen LogP contribution is -2.62. The number of rotatable bonds is 4. The van der Waals surface area contributed by atoms with Crippen molar-refractivity contribution in [2.75, 3.05) is 5.32 Å². The minimum atomic E-state index is 0.245. The van der Waals surface area contributed by atoms with E-state index in [2.05, 4.69) is 68.7 Å². The van der Waals surface area contributed by atoms with Crippen molar-refractivity contribution >= 4 is 5.69 Å². The Morgan fingerprint density at radius 2 is 1.58 bits per heavy atom. The van der Waals surface area contributed by atoms with E-state index in [9.17, 15) is 0 Å². The molecule has 0 spiro atoms. The van der Waals surface area contributed by atoms with E-state index in [0.717, 1.165) is 0 Å². The molecule has 1 fully saturated rings. The molecular formula is C17H28N2. The molecule has 2 heteroatoms. The topological polar surface area (TPSA) is 24.1 Å². The van der Waals surface area contributed by atoms with Gasteiger partial charge in [-0.25, -0.2) is 0 Å². The number of anilines is 1. The standard InChI is InChI=1S/C17H28N2/c1-5-16(3)12-15(13-17(4,6-2)19-16)18-14-10-8-7-9-11-14/h7-11,15,18-19H,5-6,12-13H2,1-4H3. The van der Waals surface area contributed by atoms with Crippen LogP contribution in [0.1, 0.15) is 53.4 Å². The van der Waals surface area contributed by atoms with Gasteiger partial charge >= 0.3 is 0 Å². The van der Waals surface area contributed by atoms with Gasteiger partial charge in [0.1, 0.15) is 0 Å². The van der Waals surface area contributed by atoms with E-state index in [1.807, 2.05) is 0 Å². The molecule has 2 N–H and O–H groups in total. The zero-order chi connectivity index (χ0) is 13.9. The molecule has 0 amide bonds. The summed E-state index contributed by atoms with van der Waals surface area (Å²) in [5.74, 6) is 0. The predicted molar refractivity (Wildman–Crippen MR) is 83.6 cm³/mol. The van der Waals surface area contributed by atoms with Crippen molar-refractivity contribution in [1.82, 2.24) is 5.32 Å². The largest absolute Gasteiger partial charge is 0.382 e. The van der Waals surface area contributed by atoms with E-state index in [0.29, 0.717) is 6.04 Å². The Morgan fingerprint density at radius 3 is 2.05 bits per heavy atom. The molecule has 0 aliphatic carbocycles. The predicted octanol–water partition coefficient (Wildman–Crippen LogP) is 4.19. The van der Waals surface area contributed by atoms with Crippen LogP contribution in [0.4, 0.5) is 5.69 Å². The average Bonchev–Trinajstić information content (AvgIpc) is 2.39. The second-order valence-electron chi connectivity index (χ2n) is 6.57. The first kappa shape index (κ1) is 14.4. The molecule has 19 heavy (non-hydrogen) atoms. The molecule has 0 bridgehead atoms. The van der Waals surface area contributed by atoms with E-state index >= 15 is 0 Å². The van der Waals surface area contributed by atoms with Crippen molar-refractivity contribution in [2.45, 2.75) is 70.5 Å². The highest BCUT2D eigenvalue weighted by atomic mass is 15.1. The molecule has 1 saturated heterocycles. The molecule has 1 heterocycles. The third-order valence-electron chi connectivity index (χ3n) is 4.70. The number of benzene rings is 1. The Balaban J connectivity index is 2.12. The molecule has 1 aliphatic rings. The molecule has 2 atom stereocenters. The summed E-state index contributed by atoms with van der Waals surface area (Å²) in [5, 5.41) is 7.60. The molecule has 0 aromatic heterocycles. The minimum absolute atomic E-state index is 0.245. The average molecular weight is 260 g/mol. The fraction of sp³-hybridized carbons (Fsp3) is 0.647. The second kappa shape index (κ2) is 5.54. The maximum atomic E-state index is 3.88. The number of piperidine rings is 1. The second-order valence-corrected chi connectivity index (χ2v) is 6.57. The van der Waals surface area contributed by atoms with Crippen LogP contribution in [0, 0.1) is 0 Å². The van der Waals surface area contributed by atoms with Crippen LogP contribution in [-0.2, 0) is 0 Å². The lowest BCUT2D eigenvalue weighted by atomic mass is 9.75. The van der Waals surface area contributed by atoms with Crippen molar-refractivity contribution in [2.24, 2.45) is 0 Å². The Bertz CT molecular complexity index is 385. The Kier molecular flexibility index (Phi) is 4.19. The summed E-state index contributed by atoms with van der Waals surface area (Å²) in [6.45, 7) is 9.29. The van der Waals surface area contributed by atoms with Crippen LogP contribution in [0.3, 0.4) is 0 Å². The smallest absolute Gasteiger partial charge is 0.0342 e. The summed E-state index contributed by atoms with van der Waals surface area (Å²) in [6, 6.07) is 11.1. The molecule has 1 aliphatic heterocycles. The molecule has 106 valence electrons. The number of nitrogens with one attached hydrogen (secondary N) is 2. The highest BCUT2D eigenvalue weighted by molar-refractivity contribution is 5.43. The van der Waals surface area contributed by atoms with Crippen LogP contribution in [0.15, 0.2) is 30.3 Å². The van der Waals surface area contributed by atoms with Gasteiger partial charge in [-0.1, -0.05) is 32.0 Å². The summed E-state index contributed by atoms with van der Waals surface area (Å²) in [5.41, 5.74) is 1.73. The van der Waals surface area contributed by atoms with Crippen molar-refractivity contribution in [1.29, 1.82) is 0 Å². The van der Waals surface area contributed by atoms with Gasteiger partial charge in [0.25, 0.3) is 0 Å². The van der Waals surface area contributed by atoms with Crippen molar-refractivity contribution in [3.05, 3.63) is 30.3 Å². The summed E-state index contributed by atoms with van der Waals surface area (Å²) in [6.07, 6.45) is 4.73. The van der Waals surface area contributed by atoms with Gasteiger partial charge in [0.2, 0.25) is 0 Å². The fourth-order valence-electron chi connectivity index (χ4n) is 3.33. The van der Waals surface area contributed by atoms with Crippen molar-refractivity contribution in [3.8, 4) is 0 Å². The van der Waals surface area contributed by atoms with Crippen LogP contribution in [0.25, 0.3) is 0 Å². The van der Waals surface area contributed by atoms with Gasteiger partial charge < -0.3 is 10.6 Å². The van der Waals surface area contributed by atoms with Crippen LogP contribution in [-0.4, -0.2) is 17.1 Å². The zero-order valence-corrected chi connectivity index (χ0v) is 12.8. The first-order chi connectivity index (χ1) is 8.99. The first-order valence-electron chi connectivity index (χ1n) is 7.59. The lowest BCUT2D eigenvalue weighted by molar-refractivity contribution is 0.135. The van der Waals surface area contributed by atoms with Gasteiger partial charge in [-0.3, -0.25) is 0 Å². The Hall–Kier alpha value is -1.02. The highest BCUT2D eigenvalue weighted by Crippen LogP contribution is 2.34. The summed E-state index contributed by atoms with van der Waals surface area (Å²) < 4.78 is 0. The maximum Gasteiger partial charge on any atom is 0.0342 e. The Labute approximate surface area is 118 Å². The number of para-hydroxylation sites is 1. The normalized spacial score (nSPS) is 35.1. The molecule has 0 radical (unpaired) electrons. The van der Waals surface area contributed by atoms with Gasteiger partial charge in [0, 0.05) is 22.8 Å². The fourth-order valence-corrected chi connectivity index (χ4v) is 3.33. The molecule has 2 unspecified atom stereocenters. The number of hydrogen-bond acceptors (Lipinski definition) is 2. The van der Waals surface area contributed by atoms with Crippen LogP contribution in [0.5, 0.6) is 0 Å². The monoisotopic (exact) mass is 260 g/mol. The maximum absolute atomic E-state index is 3.88. The molecule has 2 nitrogen and oxygen atoms in total. The van der Waals surface area contributed by atoms with Crippen molar-refractivity contribution in [3.63, 3.8) is 0 Å². The van der Waals surface area contributed by atoms with Gasteiger partial charge in [-0.15, -0.1) is 0 Å². The zero-order valence-electron chi connectivity index (χ0n) is 12.8. The molecule has 1 aromatic carbocycles. The van der Waals surface area contributed by atoms with E-state index in [-0.39, 0.29) is 11.1 Å². The Morgan fingerprint density at radius 1 is 1.05 bits per heavy atom. The van der Waals surface area contributed by atoms with Gasteiger partial charge in [0.15, 0.2) is 0 Å². The first-order valence-corrected chi connectivity index (χ1v) is 7.59. The SMILES string of the molecule is CCC1(C)CC(Nc2ccccc2)CC(C)(CC)N1. The van der Waals surface area contributed by atoms with Gasteiger partial charge in [0.05, 0.1) is 0 Å². The number of hydrogen-bond donors (Lipinski definition) is 2. The third kappa shape index (κ3) is 3.50. The van der Waals surface area contributed by atoms with Gasteiger partial charge in [-0.2, -0.15) is 0 Å². The van der Waals surface area contributed by atoms with E-state index in [4.69, 9.17) is 0 Å². The van der Waals surface area contributed by atoms with Gasteiger partial charge in [-0.05, 0) is 51.7 Å². The van der Waals surface area contributed by atoms with Crippen molar-refractivity contribution < 1.29 is 0 Å². The highest BCUT2D eigenvalue weighted by Gasteiger charge is 2.40. The van der Waals surface area contributed by atoms with E-state index < -0.39 is 0 Å².